The third-order valence-electron chi connectivity index (χ3n) is 13.1. The zero-order chi connectivity index (χ0) is 46.7. The topological polar surface area (TPSA) is 35.8 Å². The van der Waals surface area contributed by atoms with Gasteiger partial charge in [0.15, 0.2) is 0 Å². The van der Waals surface area contributed by atoms with Crippen molar-refractivity contribution in [2.75, 3.05) is 14.2 Å². The smallest absolute Gasteiger partial charge is 0.497 e. The van der Waals surface area contributed by atoms with E-state index in [-0.39, 0.29) is 33.6 Å². The largest absolute Gasteiger partial charge is 0.678 e. The molecule has 0 fully saturated rings. The first-order chi connectivity index (χ1) is 32.4. The molecule has 4 nitrogen and oxygen atoms in total. The predicted octanol–water partition coefficient (Wildman–Crippen LogP) is 14.7. The summed E-state index contributed by atoms with van der Waals surface area (Å²) in [4.78, 5) is 5.56. The zero-order valence-electron chi connectivity index (χ0n) is 37.9. The first kappa shape index (κ1) is 43.3. The number of benzene rings is 7. The third kappa shape index (κ3) is 7.48. The van der Waals surface area contributed by atoms with Crippen LogP contribution in [-0.2, 0) is 5.41 Å². The molecule has 0 unspecified atom stereocenters. The van der Waals surface area contributed by atoms with Gasteiger partial charge in [-0.1, -0.05) is 134 Å². The summed E-state index contributed by atoms with van der Waals surface area (Å²) in [7, 11) is -0.0235. The van der Waals surface area contributed by atoms with Crippen LogP contribution in [0.5, 0.6) is 11.5 Å². The van der Waals surface area contributed by atoms with Crippen molar-refractivity contribution in [1.29, 1.82) is 0 Å². The van der Waals surface area contributed by atoms with E-state index in [1.165, 1.54) is 18.7 Å². The minimum atomic E-state index is -3.14. The number of methoxy groups -OCH3 is 2. The van der Waals surface area contributed by atoms with Crippen LogP contribution in [0.4, 0.5) is 17.4 Å². The van der Waals surface area contributed by atoms with Gasteiger partial charge in [-0.15, -0.1) is 0 Å². The van der Waals surface area contributed by atoms with Crippen molar-refractivity contribution in [2.24, 2.45) is 4.99 Å². The van der Waals surface area contributed by atoms with Crippen molar-refractivity contribution in [2.45, 2.75) is 33.1 Å². The highest BCUT2D eigenvalue weighted by atomic mass is 19.2. The first-order valence-electron chi connectivity index (χ1n) is 22.1. The van der Waals surface area contributed by atoms with Gasteiger partial charge in [0.05, 0.1) is 31.3 Å². The SMILES string of the molecule is COc1cccc(C2=N/C(=C(/c3ccc(F)cc3F)c3c(-c4cccc(C)c4)cc(-c4cccc(OC)c4)n3B(F)F)C(c3cccc(C)c3)=C2c2ccc3c(c2)C(C)(C)c2ccccc2-3)c1. The summed E-state index contributed by atoms with van der Waals surface area (Å²) in [6, 6.07) is 49.8. The average molecular weight is 889 g/mol. The number of ether oxygens (including phenoxy) is 2. The van der Waals surface area contributed by atoms with Crippen LogP contribution in [0.15, 0.2) is 174 Å². The van der Waals surface area contributed by atoms with Crippen molar-refractivity contribution < 1.29 is 26.9 Å². The minimum Gasteiger partial charge on any atom is -0.497 e. The molecule has 0 radical (unpaired) electrons. The fourth-order valence-electron chi connectivity index (χ4n) is 9.92. The molecule has 1 aromatic heterocycles. The van der Waals surface area contributed by atoms with Crippen molar-refractivity contribution in [3.05, 3.63) is 231 Å². The Hall–Kier alpha value is -7.65. The molecule has 10 rings (SSSR count). The molecule has 0 amide bonds. The van der Waals surface area contributed by atoms with Gasteiger partial charge < -0.3 is 14.0 Å². The first-order valence-corrected chi connectivity index (χ1v) is 22.1. The van der Waals surface area contributed by atoms with Crippen LogP contribution in [0.25, 0.3) is 50.2 Å². The summed E-state index contributed by atoms with van der Waals surface area (Å²) in [6.07, 6.45) is 0. The normalized spacial score (nSPS) is 14.4. The van der Waals surface area contributed by atoms with Crippen molar-refractivity contribution in [3.63, 3.8) is 0 Å². The number of aliphatic imine (C=N–C) groups is 1. The van der Waals surface area contributed by atoms with E-state index in [0.717, 1.165) is 55.6 Å². The number of rotatable bonds is 10. The number of hydrogen-bond acceptors (Lipinski definition) is 3. The summed E-state index contributed by atoms with van der Waals surface area (Å²) in [5, 5.41) is 0. The van der Waals surface area contributed by atoms with Gasteiger partial charge in [0.1, 0.15) is 23.1 Å². The molecule has 8 aromatic rings. The fourth-order valence-corrected chi connectivity index (χ4v) is 9.92. The Morgan fingerprint density at radius 1 is 0.552 bits per heavy atom. The fraction of sp³-hybridized carbons (Fsp3) is 0.121. The van der Waals surface area contributed by atoms with Crippen LogP contribution in [0.2, 0.25) is 0 Å². The maximum atomic E-state index is 17.1. The Morgan fingerprint density at radius 3 is 1.85 bits per heavy atom. The monoisotopic (exact) mass is 888 g/mol. The van der Waals surface area contributed by atoms with Crippen LogP contribution >= 0.6 is 0 Å². The number of fused-ring (bicyclic) bond motifs is 3. The molecular weight excluding hydrogens is 843 g/mol. The Labute approximate surface area is 388 Å². The van der Waals surface area contributed by atoms with Crippen LogP contribution in [0.3, 0.4) is 0 Å². The number of aromatic nitrogens is 1. The van der Waals surface area contributed by atoms with Crippen LogP contribution in [0.1, 0.15) is 64.0 Å². The van der Waals surface area contributed by atoms with Crippen molar-refractivity contribution in [3.8, 4) is 45.0 Å². The molecule has 1 aliphatic carbocycles. The number of hydrogen-bond donors (Lipinski definition) is 0. The third-order valence-corrected chi connectivity index (χ3v) is 13.1. The number of allylic oxidation sites excluding steroid dienone is 2. The van der Waals surface area contributed by atoms with Crippen molar-refractivity contribution in [1.82, 2.24) is 4.48 Å². The molecule has 2 heterocycles. The molecule has 9 heteroatoms. The van der Waals surface area contributed by atoms with Crippen LogP contribution in [-0.4, -0.2) is 31.8 Å². The second-order valence-electron chi connectivity index (χ2n) is 17.6. The Morgan fingerprint density at radius 2 is 1.16 bits per heavy atom. The quantitative estimate of drug-likeness (QED) is 0.101. The van der Waals surface area contributed by atoms with E-state index in [4.69, 9.17) is 14.5 Å². The van der Waals surface area contributed by atoms with E-state index in [1.54, 1.807) is 37.4 Å². The lowest BCUT2D eigenvalue weighted by Gasteiger charge is -2.23. The molecule has 67 heavy (non-hydrogen) atoms. The van der Waals surface area contributed by atoms with Gasteiger partial charge in [0.2, 0.25) is 0 Å². The van der Waals surface area contributed by atoms with Gasteiger partial charge in [-0.25, -0.2) is 13.8 Å². The van der Waals surface area contributed by atoms with Crippen LogP contribution in [0, 0.1) is 25.5 Å². The predicted molar refractivity (Wildman–Crippen MR) is 264 cm³/mol. The molecular formula is C58H45BF4N2O2. The lowest BCUT2D eigenvalue weighted by molar-refractivity contribution is 0.414. The molecule has 0 N–H and O–H groups in total. The second-order valence-corrected chi connectivity index (χ2v) is 17.6. The molecule has 2 aliphatic rings. The van der Waals surface area contributed by atoms with E-state index < -0.39 is 19.0 Å². The zero-order valence-corrected chi connectivity index (χ0v) is 37.9. The lowest BCUT2D eigenvalue weighted by Crippen LogP contribution is -2.18. The molecule has 0 spiro atoms. The van der Waals surface area contributed by atoms with Crippen molar-refractivity contribution >= 4 is 29.8 Å². The Kier molecular flexibility index (Phi) is 11.0. The highest BCUT2D eigenvalue weighted by Gasteiger charge is 2.39. The van der Waals surface area contributed by atoms with E-state index in [9.17, 15) is 0 Å². The summed E-state index contributed by atoms with van der Waals surface area (Å²) < 4.78 is 77.6. The van der Waals surface area contributed by atoms with E-state index >= 15 is 17.4 Å². The number of halogens is 4. The number of nitrogens with zero attached hydrogens (tertiary/aromatic N) is 2. The van der Waals surface area contributed by atoms with Gasteiger partial charge in [0.25, 0.3) is 0 Å². The highest BCUT2D eigenvalue weighted by molar-refractivity contribution is 6.44. The standard InChI is InChI=1S/C58H45BF4N2O2/c1-34-13-9-15-36(27-34)47-33-51(37-16-11-19-42(29-37)66-5)65(59(62)63)57(47)54(46-26-24-41(60)32-50(46)61)56-53(38-17-10-14-35(2)28-38)52(55(64-56)40-18-12-20-43(30-40)67-6)39-23-25-45-44-21-7-8-22-48(44)58(3,4)49(45)31-39/h7-33H,1-6H3/b56-54-. The molecule has 0 atom stereocenters. The summed E-state index contributed by atoms with van der Waals surface area (Å²) in [6.45, 7) is 8.35. The van der Waals surface area contributed by atoms with Gasteiger partial charge in [-0.2, -0.15) is 0 Å². The van der Waals surface area contributed by atoms with E-state index in [2.05, 4.69) is 50.2 Å². The average Bonchev–Trinajstić information content (AvgIpc) is 3.99. The molecule has 1 aliphatic heterocycles. The van der Waals surface area contributed by atoms with Gasteiger partial charge in [0, 0.05) is 56.1 Å². The molecule has 0 saturated carbocycles. The van der Waals surface area contributed by atoms with Gasteiger partial charge in [-0.3, -0.25) is 8.63 Å². The number of aryl methyl sites for hydroxylation is 2. The van der Waals surface area contributed by atoms with E-state index in [1.807, 2.05) is 92.7 Å². The van der Waals surface area contributed by atoms with Crippen LogP contribution < -0.4 is 9.47 Å². The summed E-state index contributed by atoms with van der Waals surface area (Å²) >= 11 is 0. The molecule has 0 bridgehead atoms. The van der Waals surface area contributed by atoms with E-state index in [0.29, 0.717) is 50.6 Å². The lowest BCUT2D eigenvalue weighted by atomic mass is 9.80. The summed E-state index contributed by atoms with van der Waals surface area (Å²) in [5.74, 6) is -0.690. The van der Waals surface area contributed by atoms with Gasteiger partial charge >= 0.3 is 7.40 Å². The maximum absolute atomic E-state index is 17.1. The maximum Gasteiger partial charge on any atom is 0.678 e. The molecule has 330 valence electrons. The minimum absolute atomic E-state index is 0.00427. The Bertz CT molecular complexity index is 3400. The molecule has 0 saturated heterocycles. The van der Waals surface area contributed by atoms with Gasteiger partial charge in [-0.05, 0) is 101 Å². The Balaban J connectivity index is 1.41. The second kappa shape index (κ2) is 17.0. The molecule has 7 aromatic carbocycles. The highest BCUT2D eigenvalue weighted by Crippen LogP contribution is 2.53. The summed E-state index contributed by atoms with van der Waals surface area (Å²) in [5.41, 5.74) is 12.0.